The van der Waals surface area contributed by atoms with Crippen molar-refractivity contribution in [1.82, 2.24) is 15.2 Å². The van der Waals surface area contributed by atoms with Crippen LogP contribution < -0.4 is 15.5 Å². The van der Waals surface area contributed by atoms with Gasteiger partial charge < -0.3 is 10.6 Å². The van der Waals surface area contributed by atoms with Crippen molar-refractivity contribution >= 4 is 23.2 Å². The van der Waals surface area contributed by atoms with E-state index in [9.17, 15) is 14.4 Å². The number of nitrogens with one attached hydrogen (secondary N) is 2. The van der Waals surface area contributed by atoms with Gasteiger partial charge in [0, 0.05) is 17.1 Å². The van der Waals surface area contributed by atoms with Crippen molar-refractivity contribution in [2.75, 3.05) is 0 Å². The summed E-state index contributed by atoms with van der Waals surface area (Å²) in [5.74, 6) is -0.567. The molecule has 0 radical (unpaired) electrons. The molecule has 1 aromatic rings. The standard InChI is InChI=1S/C13H21N3O3S/c1-5-8(2)14-12(18)10(4)15-11(17)6-16-9(3)7-20-13(16)19/h7-8,10H,5-6H2,1-4H3,(H,14,18)(H,15,17). The topological polar surface area (TPSA) is 80.2 Å². The summed E-state index contributed by atoms with van der Waals surface area (Å²) in [6.07, 6.45) is 0.829. The molecule has 1 aromatic heterocycles. The molecule has 7 heteroatoms. The molecule has 0 aliphatic heterocycles. The summed E-state index contributed by atoms with van der Waals surface area (Å²) in [5.41, 5.74) is 0.742. The quantitative estimate of drug-likeness (QED) is 0.809. The number of carbonyl (C=O) groups excluding carboxylic acids is 2. The van der Waals surface area contributed by atoms with Crippen LogP contribution in [0.25, 0.3) is 0 Å². The summed E-state index contributed by atoms with van der Waals surface area (Å²) < 4.78 is 1.39. The van der Waals surface area contributed by atoms with Gasteiger partial charge in [-0.2, -0.15) is 0 Å². The van der Waals surface area contributed by atoms with Gasteiger partial charge in [-0.05, 0) is 27.2 Å². The van der Waals surface area contributed by atoms with E-state index in [4.69, 9.17) is 0 Å². The van der Waals surface area contributed by atoms with Crippen molar-refractivity contribution in [3.8, 4) is 0 Å². The molecule has 2 amide bonds. The fraction of sp³-hybridized carbons (Fsp3) is 0.615. The fourth-order valence-corrected chi connectivity index (χ4v) is 2.30. The van der Waals surface area contributed by atoms with E-state index >= 15 is 0 Å². The van der Waals surface area contributed by atoms with Gasteiger partial charge in [0.15, 0.2) is 0 Å². The number of aromatic nitrogens is 1. The van der Waals surface area contributed by atoms with E-state index in [1.54, 1.807) is 19.2 Å². The largest absolute Gasteiger partial charge is 0.352 e. The van der Waals surface area contributed by atoms with Crippen molar-refractivity contribution in [2.45, 2.75) is 52.7 Å². The minimum Gasteiger partial charge on any atom is -0.352 e. The van der Waals surface area contributed by atoms with Crippen LogP contribution in [0.5, 0.6) is 0 Å². The summed E-state index contributed by atoms with van der Waals surface area (Å²) in [5, 5.41) is 7.09. The highest BCUT2D eigenvalue weighted by molar-refractivity contribution is 7.07. The van der Waals surface area contributed by atoms with Gasteiger partial charge in [0.05, 0.1) is 0 Å². The molecular formula is C13H21N3O3S. The maximum atomic E-state index is 11.8. The molecule has 0 saturated heterocycles. The third-order valence-electron chi connectivity index (χ3n) is 3.05. The Kier molecular flexibility index (Phi) is 5.94. The number of thiazole rings is 1. The number of amides is 2. The highest BCUT2D eigenvalue weighted by atomic mass is 32.1. The molecular weight excluding hydrogens is 278 g/mol. The molecule has 0 spiro atoms. The lowest BCUT2D eigenvalue weighted by Crippen LogP contribution is -2.48. The molecule has 0 bridgehead atoms. The fourth-order valence-electron chi connectivity index (χ4n) is 1.56. The number of aryl methyl sites for hydroxylation is 1. The molecule has 2 N–H and O–H groups in total. The average molecular weight is 299 g/mol. The first-order valence-corrected chi connectivity index (χ1v) is 7.47. The van der Waals surface area contributed by atoms with Crippen molar-refractivity contribution in [3.63, 3.8) is 0 Å². The summed E-state index contributed by atoms with van der Waals surface area (Å²) >= 11 is 1.06. The molecule has 2 atom stereocenters. The zero-order chi connectivity index (χ0) is 15.3. The molecule has 1 rings (SSSR count). The Morgan fingerprint density at radius 3 is 2.50 bits per heavy atom. The van der Waals surface area contributed by atoms with Crippen molar-refractivity contribution < 1.29 is 9.59 Å². The lowest BCUT2D eigenvalue weighted by molar-refractivity contribution is -0.129. The Hall–Kier alpha value is -1.63. The highest BCUT2D eigenvalue weighted by Gasteiger charge is 2.17. The van der Waals surface area contributed by atoms with E-state index in [1.165, 1.54) is 4.57 Å². The molecule has 0 aliphatic carbocycles. The normalized spacial score (nSPS) is 13.6. The van der Waals surface area contributed by atoms with Crippen LogP contribution in [0.1, 0.15) is 32.9 Å². The number of rotatable bonds is 6. The van der Waals surface area contributed by atoms with Crippen molar-refractivity contribution in [2.24, 2.45) is 0 Å². The number of hydrogen-bond acceptors (Lipinski definition) is 4. The monoisotopic (exact) mass is 299 g/mol. The summed E-state index contributed by atoms with van der Waals surface area (Å²) in [6.45, 7) is 7.21. The zero-order valence-electron chi connectivity index (χ0n) is 12.2. The zero-order valence-corrected chi connectivity index (χ0v) is 13.0. The molecule has 6 nitrogen and oxygen atoms in total. The van der Waals surface area contributed by atoms with Crippen LogP contribution in [0, 0.1) is 6.92 Å². The molecule has 0 fully saturated rings. The van der Waals surface area contributed by atoms with Crippen LogP contribution in [0.3, 0.4) is 0 Å². The predicted molar refractivity (Wildman–Crippen MR) is 78.8 cm³/mol. The van der Waals surface area contributed by atoms with E-state index in [0.717, 1.165) is 23.5 Å². The predicted octanol–water partition coefficient (Wildman–Crippen LogP) is 0.638. The summed E-state index contributed by atoms with van der Waals surface area (Å²) in [7, 11) is 0. The van der Waals surface area contributed by atoms with Crippen LogP contribution in [-0.4, -0.2) is 28.5 Å². The molecule has 2 unspecified atom stereocenters. The average Bonchev–Trinajstić information content (AvgIpc) is 2.70. The first-order valence-electron chi connectivity index (χ1n) is 6.59. The Balaban J connectivity index is 2.54. The van der Waals surface area contributed by atoms with Gasteiger partial charge in [0.25, 0.3) is 0 Å². The highest BCUT2D eigenvalue weighted by Crippen LogP contribution is 1.99. The van der Waals surface area contributed by atoms with Gasteiger partial charge in [0.1, 0.15) is 12.6 Å². The maximum Gasteiger partial charge on any atom is 0.307 e. The third kappa shape index (κ3) is 4.48. The second kappa shape index (κ2) is 7.23. The van der Waals surface area contributed by atoms with E-state index in [1.807, 2.05) is 13.8 Å². The van der Waals surface area contributed by atoms with Crippen LogP contribution in [0.2, 0.25) is 0 Å². The number of hydrogen-bond donors (Lipinski definition) is 2. The van der Waals surface area contributed by atoms with E-state index < -0.39 is 6.04 Å². The molecule has 0 saturated carbocycles. The number of carbonyl (C=O) groups is 2. The van der Waals surface area contributed by atoms with Crippen LogP contribution in [-0.2, 0) is 16.1 Å². The molecule has 0 aromatic carbocycles. The summed E-state index contributed by atoms with van der Waals surface area (Å²) in [4.78, 5) is 35.0. The van der Waals surface area contributed by atoms with Gasteiger partial charge in [0.2, 0.25) is 11.8 Å². The third-order valence-corrected chi connectivity index (χ3v) is 3.93. The van der Waals surface area contributed by atoms with Gasteiger partial charge in [-0.15, -0.1) is 0 Å². The van der Waals surface area contributed by atoms with E-state index in [-0.39, 0.29) is 29.3 Å². The Morgan fingerprint density at radius 1 is 1.35 bits per heavy atom. The summed E-state index contributed by atoms with van der Waals surface area (Å²) in [6, 6.07) is -0.547. The van der Waals surface area contributed by atoms with Gasteiger partial charge in [-0.3, -0.25) is 19.0 Å². The lowest BCUT2D eigenvalue weighted by Gasteiger charge is -2.17. The van der Waals surface area contributed by atoms with Gasteiger partial charge in [-0.25, -0.2) is 0 Å². The minimum atomic E-state index is -0.619. The Labute approximate surface area is 122 Å². The SMILES string of the molecule is CCC(C)NC(=O)C(C)NC(=O)Cn1c(C)csc1=O. The van der Waals surface area contributed by atoms with Crippen molar-refractivity contribution in [3.05, 3.63) is 20.7 Å². The van der Waals surface area contributed by atoms with E-state index in [2.05, 4.69) is 10.6 Å². The Bertz CT molecular complexity index is 535. The van der Waals surface area contributed by atoms with Crippen LogP contribution in [0.4, 0.5) is 0 Å². The molecule has 112 valence electrons. The first-order chi connectivity index (χ1) is 9.35. The molecule has 0 aliphatic rings. The first kappa shape index (κ1) is 16.4. The van der Waals surface area contributed by atoms with Crippen LogP contribution in [0.15, 0.2) is 10.2 Å². The number of nitrogens with zero attached hydrogens (tertiary/aromatic N) is 1. The lowest BCUT2D eigenvalue weighted by atomic mass is 10.2. The van der Waals surface area contributed by atoms with Gasteiger partial charge >= 0.3 is 4.87 Å². The molecule has 20 heavy (non-hydrogen) atoms. The smallest absolute Gasteiger partial charge is 0.307 e. The second-order valence-corrected chi connectivity index (χ2v) is 5.66. The molecule has 1 heterocycles. The maximum absolute atomic E-state index is 11.8. The second-order valence-electron chi connectivity index (χ2n) is 4.84. The van der Waals surface area contributed by atoms with Crippen LogP contribution >= 0.6 is 11.3 Å². The van der Waals surface area contributed by atoms with E-state index in [0.29, 0.717) is 0 Å². The minimum absolute atomic E-state index is 0.0604. The Morgan fingerprint density at radius 2 is 2.00 bits per heavy atom. The van der Waals surface area contributed by atoms with Crippen molar-refractivity contribution in [1.29, 1.82) is 0 Å². The van der Waals surface area contributed by atoms with Gasteiger partial charge in [-0.1, -0.05) is 18.3 Å².